The van der Waals surface area contributed by atoms with Crippen molar-refractivity contribution in [2.75, 3.05) is 19.6 Å². The summed E-state index contributed by atoms with van der Waals surface area (Å²) in [4.78, 5) is 48.9. The predicted octanol–water partition coefficient (Wildman–Crippen LogP) is 0.295. The maximum atomic E-state index is 11.9. The van der Waals surface area contributed by atoms with Gasteiger partial charge in [0.1, 0.15) is 13.1 Å². The maximum Gasteiger partial charge on any atom is 0.322 e. The second-order valence-electron chi connectivity index (χ2n) is 4.54. The number of benzene rings is 1. The lowest BCUT2D eigenvalue weighted by Gasteiger charge is -2.04. The molecule has 0 saturated heterocycles. The number of hydrogen-bond donors (Lipinski definition) is 3. The largest absolute Gasteiger partial charge is 0.480 e. The fourth-order valence-electron chi connectivity index (χ4n) is 1.45. The highest BCUT2D eigenvalue weighted by Gasteiger charge is 2.09. The van der Waals surface area contributed by atoms with Crippen LogP contribution in [0.1, 0.15) is 17.3 Å². The van der Waals surface area contributed by atoms with Gasteiger partial charge in [-0.3, -0.25) is 24.2 Å². The molecule has 1 aromatic rings. The fourth-order valence-corrected chi connectivity index (χ4v) is 2.11. The molecule has 0 aromatic heterocycles. The molecule has 1 aromatic carbocycles. The summed E-state index contributed by atoms with van der Waals surface area (Å²) in [5.41, 5.74) is 0.539. The molecular weight excluding hydrogens is 334 g/mol. The second-order valence-corrected chi connectivity index (χ2v) is 5.70. The van der Waals surface area contributed by atoms with Crippen molar-refractivity contribution in [2.45, 2.75) is 6.92 Å². The highest BCUT2D eigenvalue weighted by molar-refractivity contribution is 8.26. The van der Waals surface area contributed by atoms with E-state index in [2.05, 4.69) is 15.6 Å². The number of hydrogen-bond acceptors (Lipinski definition) is 6. The van der Waals surface area contributed by atoms with E-state index in [0.29, 0.717) is 10.6 Å². The van der Waals surface area contributed by atoms with Crippen LogP contribution in [-0.4, -0.2) is 52.7 Å². The summed E-state index contributed by atoms with van der Waals surface area (Å²) in [5, 5.41) is 13.0. The highest BCUT2D eigenvalue weighted by atomic mass is 32.2. The van der Waals surface area contributed by atoms with E-state index in [9.17, 15) is 19.2 Å². The molecule has 128 valence electrons. The van der Waals surface area contributed by atoms with Gasteiger partial charge in [0, 0.05) is 5.56 Å². The minimum absolute atomic E-state index is 0.176. The molecule has 2 amide bonds. The molecule has 8 nitrogen and oxygen atoms in total. The van der Waals surface area contributed by atoms with Gasteiger partial charge < -0.3 is 15.7 Å². The third-order valence-electron chi connectivity index (χ3n) is 2.58. The van der Waals surface area contributed by atoms with E-state index >= 15 is 0 Å². The van der Waals surface area contributed by atoms with Crippen LogP contribution < -0.4 is 10.6 Å². The van der Waals surface area contributed by atoms with Crippen molar-refractivity contribution in [1.29, 1.82) is 0 Å². The zero-order valence-electron chi connectivity index (χ0n) is 12.9. The lowest BCUT2D eigenvalue weighted by Crippen LogP contribution is -2.39. The van der Waals surface area contributed by atoms with Crippen molar-refractivity contribution >= 4 is 39.7 Å². The number of amides is 2. The van der Waals surface area contributed by atoms with Gasteiger partial charge in [0.05, 0.1) is 11.6 Å². The number of nitrogens with one attached hydrogen (secondary N) is 2. The van der Waals surface area contributed by atoms with E-state index in [1.54, 1.807) is 37.3 Å². The first-order valence-corrected chi connectivity index (χ1v) is 7.73. The van der Waals surface area contributed by atoms with Gasteiger partial charge in [0.15, 0.2) is 0 Å². The Hall–Kier alpha value is -2.68. The summed E-state index contributed by atoms with van der Waals surface area (Å²) < 4.78 is 0. The first kappa shape index (κ1) is 19.4. The van der Waals surface area contributed by atoms with E-state index in [1.165, 1.54) is 0 Å². The number of carboxylic acids is 1. The molecule has 0 aliphatic rings. The van der Waals surface area contributed by atoms with Gasteiger partial charge >= 0.3 is 5.97 Å². The molecule has 3 N–H and O–H groups in total. The number of carbonyl (C=O) groups excluding carboxylic acids is 3. The molecule has 24 heavy (non-hydrogen) atoms. The van der Waals surface area contributed by atoms with Crippen LogP contribution in [0.5, 0.6) is 0 Å². The summed E-state index contributed by atoms with van der Waals surface area (Å²) in [6.45, 7) is 0.534. The van der Waals surface area contributed by atoms with Crippen LogP contribution in [0, 0.1) is 0 Å². The maximum absolute atomic E-state index is 11.9. The van der Waals surface area contributed by atoms with Crippen LogP contribution in [0.15, 0.2) is 35.3 Å². The summed E-state index contributed by atoms with van der Waals surface area (Å²) in [6, 6.07) is 8.68. The summed E-state index contributed by atoms with van der Waals surface area (Å²) in [7, 11) is 0. The molecular formula is C15H17N3O5S. The molecule has 0 saturated carbocycles. The Balaban J connectivity index is 2.34. The minimum Gasteiger partial charge on any atom is -0.480 e. The topological polar surface area (TPSA) is 125 Å². The Morgan fingerprint density at radius 1 is 1.04 bits per heavy atom. The zero-order valence-corrected chi connectivity index (χ0v) is 13.8. The lowest BCUT2D eigenvalue weighted by molar-refractivity contribution is -0.137. The normalized spacial score (nSPS) is 10.8. The van der Waals surface area contributed by atoms with Gasteiger partial charge in [-0.1, -0.05) is 30.3 Å². The second kappa shape index (κ2) is 10.2. The molecule has 0 bridgehead atoms. The van der Waals surface area contributed by atoms with Crippen molar-refractivity contribution in [3.63, 3.8) is 0 Å². The molecule has 9 heteroatoms. The van der Waals surface area contributed by atoms with E-state index in [1.807, 2.05) is 0 Å². The lowest BCUT2D eigenvalue weighted by atomic mass is 10.2. The number of rotatable bonds is 7. The van der Waals surface area contributed by atoms with E-state index in [-0.39, 0.29) is 18.2 Å². The number of carboxylic acid groups (broad SMARTS) is 1. The predicted molar refractivity (Wildman–Crippen MR) is 90.0 cm³/mol. The van der Waals surface area contributed by atoms with Gasteiger partial charge in [0.2, 0.25) is 16.9 Å². The van der Waals surface area contributed by atoms with Gasteiger partial charge in [-0.15, -0.1) is 0 Å². The summed E-state index contributed by atoms with van der Waals surface area (Å²) in [5.74, 6) is -2.29. The molecule has 1 rings (SSSR count). The fraction of sp³-hybridized carbons (Fsp3) is 0.267. The number of thioether (sulfide) groups is 1. The highest BCUT2D eigenvalue weighted by Crippen LogP contribution is 2.13. The average molecular weight is 351 g/mol. The third kappa shape index (κ3) is 8.08. The Morgan fingerprint density at radius 3 is 2.29 bits per heavy atom. The minimum atomic E-state index is -1.17. The SMILES string of the molecule is CC(=NCC(=O)NCC(=O)NCC(=O)O)SC(=O)c1ccccc1. The van der Waals surface area contributed by atoms with Gasteiger partial charge in [-0.25, -0.2) is 0 Å². The molecule has 0 aliphatic heterocycles. The Kier molecular flexibility index (Phi) is 8.20. The molecule has 0 spiro atoms. The van der Waals surface area contributed by atoms with Crippen molar-refractivity contribution in [1.82, 2.24) is 10.6 Å². The van der Waals surface area contributed by atoms with Crippen LogP contribution in [0.2, 0.25) is 0 Å². The zero-order chi connectivity index (χ0) is 17.9. The van der Waals surface area contributed by atoms with Crippen LogP contribution in [-0.2, 0) is 14.4 Å². The summed E-state index contributed by atoms with van der Waals surface area (Å²) >= 11 is 0.917. The average Bonchev–Trinajstić information content (AvgIpc) is 2.57. The Morgan fingerprint density at radius 2 is 1.67 bits per heavy atom. The molecule has 0 fully saturated rings. The molecule has 0 atom stereocenters. The van der Waals surface area contributed by atoms with Crippen LogP contribution >= 0.6 is 11.8 Å². The smallest absolute Gasteiger partial charge is 0.322 e. The molecule has 0 aliphatic carbocycles. The number of carbonyl (C=O) groups is 4. The molecule has 0 unspecified atom stereocenters. The van der Waals surface area contributed by atoms with Crippen LogP contribution in [0.3, 0.4) is 0 Å². The van der Waals surface area contributed by atoms with Crippen molar-refractivity contribution in [3.8, 4) is 0 Å². The number of aliphatic imine (C=N–C) groups is 1. The Bertz CT molecular complexity index is 646. The van der Waals surface area contributed by atoms with Gasteiger partial charge in [-0.05, 0) is 18.7 Å². The number of nitrogens with zero attached hydrogens (tertiary/aromatic N) is 1. The third-order valence-corrected chi connectivity index (χ3v) is 3.42. The standard InChI is InChI=1S/C15H17N3O5S/c1-10(24-15(23)11-5-3-2-4-6-11)16-7-12(19)17-8-13(20)18-9-14(21)22/h2-6H,7-9H2,1H3,(H,17,19)(H,18,20)(H,21,22). The van der Waals surface area contributed by atoms with E-state index < -0.39 is 24.3 Å². The van der Waals surface area contributed by atoms with Crippen molar-refractivity contribution < 1.29 is 24.3 Å². The van der Waals surface area contributed by atoms with E-state index in [0.717, 1.165) is 11.8 Å². The monoisotopic (exact) mass is 351 g/mol. The first-order valence-electron chi connectivity index (χ1n) is 6.92. The summed E-state index contributed by atoms with van der Waals surface area (Å²) in [6.07, 6.45) is 0. The van der Waals surface area contributed by atoms with Crippen molar-refractivity contribution in [3.05, 3.63) is 35.9 Å². The first-order chi connectivity index (χ1) is 11.4. The van der Waals surface area contributed by atoms with Gasteiger partial charge in [-0.2, -0.15) is 0 Å². The molecule has 0 radical (unpaired) electrons. The Labute approximate surface area is 142 Å². The van der Waals surface area contributed by atoms with Gasteiger partial charge in [0.25, 0.3) is 0 Å². The van der Waals surface area contributed by atoms with Crippen LogP contribution in [0.25, 0.3) is 0 Å². The van der Waals surface area contributed by atoms with E-state index in [4.69, 9.17) is 5.11 Å². The van der Waals surface area contributed by atoms with Crippen LogP contribution in [0.4, 0.5) is 0 Å². The van der Waals surface area contributed by atoms with Crippen molar-refractivity contribution in [2.24, 2.45) is 4.99 Å². The molecule has 0 heterocycles. The number of aliphatic carboxylic acids is 1. The quantitative estimate of drug-likeness (QED) is 0.479.